The summed E-state index contributed by atoms with van der Waals surface area (Å²) in [6.45, 7) is 4.21. The summed E-state index contributed by atoms with van der Waals surface area (Å²) in [5.41, 5.74) is 1.66. The van der Waals surface area contributed by atoms with E-state index in [-0.39, 0.29) is 28.7 Å². The van der Waals surface area contributed by atoms with Crippen LogP contribution in [0, 0.1) is 0 Å². The van der Waals surface area contributed by atoms with Gasteiger partial charge in [-0.2, -0.15) is 0 Å². The van der Waals surface area contributed by atoms with Gasteiger partial charge in [0.1, 0.15) is 5.75 Å². The Morgan fingerprint density at radius 3 is 2.88 bits per heavy atom. The Morgan fingerprint density at radius 2 is 2.27 bits per heavy atom. The number of fused-ring (bicyclic) bond motifs is 1. The van der Waals surface area contributed by atoms with Gasteiger partial charge in [0, 0.05) is 18.7 Å². The van der Waals surface area contributed by atoms with E-state index in [1.807, 2.05) is 32.0 Å². The normalized spacial score (nSPS) is 20.2. The van der Waals surface area contributed by atoms with Crippen LogP contribution in [0.5, 0.6) is 5.75 Å². The van der Waals surface area contributed by atoms with E-state index >= 15 is 0 Å². The predicted octanol–water partition coefficient (Wildman–Crippen LogP) is 2.09. The number of ether oxygens (including phenoxy) is 1. The van der Waals surface area contributed by atoms with E-state index in [4.69, 9.17) is 4.74 Å². The highest BCUT2D eigenvalue weighted by molar-refractivity contribution is 8.00. The molecule has 0 unspecified atom stereocenters. The van der Waals surface area contributed by atoms with Crippen molar-refractivity contribution in [1.82, 2.24) is 14.9 Å². The zero-order chi connectivity index (χ0) is 18.9. The highest BCUT2D eigenvalue weighted by Crippen LogP contribution is 2.28. The van der Waals surface area contributed by atoms with Gasteiger partial charge in [0.15, 0.2) is 15.0 Å². The minimum atomic E-state index is -3.02. The number of hydrogen-bond donors (Lipinski definition) is 1. The van der Waals surface area contributed by atoms with Crippen molar-refractivity contribution in [2.75, 3.05) is 25.2 Å². The van der Waals surface area contributed by atoms with Crippen molar-refractivity contribution in [1.29, 1.82) is 0 Å². The fourth-order valence-electron chi connectivity index (χ4n) is 3.21. The third kappa shape index (κ3) is 3.98. The standard InChI is InChI=1S/C17H23N3O4S2/c1-4-20(12-7-8-26(22,23)10-12)16(21)11(2)25-17-18-14-6-5-13(24-3)9-15(14)19-17/h5-6,9,11-12H,4,7-8,10H2,1-3H3,(H,18,19)/t11-,12-/m1/s1. The number of methoxy groups -OCH3 is 1. The first-order valence-electron chi connectivity index (χ1n) is 8.54. The van der Waals surface area contributed by atoms with Crippen molar-refractivity contribution in [3.8, 4) is 5.75 Å². The van der Waals surface area contributed by atoms with Gasteiger partial charge in [0.05, 0.1) is 34.9 Å². The van der Waals surface area contributed by atoms with Crippen molar-refractivity contribution in [2.24, 2.45) is 0 Å². The second-order valence-corrected chi connectivity index (χ2v) is 9.92. The van der Waals surface area contributed by atoms with Gasteiger partial charge in [-0.15, -0.1) is 0 Å². The quantitative estimate of drug-likeness (QED) is 0.751. The average Bonchev–Trinajstić information content (AvgIpc) is 3.16. The van der Waals surface area contributed by atoms with E-state index in [0.717, 1.165) is 16.8 Å². The summed E-state index contributed by atoms with van der Waals surface area (Å²) in [5.74, 6) is 0.905. The minimum absolute atomic E-state index is 0.0577. The zero-order valence-electron chi connectivity index (χ0n) is 15.1. The van der Waals surface area contributed by atoms with E-state index in [1.165, 1.54) is 11.8 Å². The zero-order valence-corrected chi connectivity index (χ0v) is 16.7. The minimum Gasteiger partial charge on any atom is -0.497 e. The molecule has 1 amide bonds. The van der Waals surface area contributed by atoms with E-state index < -0.39 is 9.84 Å². The molecule has 0 spiro atoms. The Labute approximate surface area is 157 Å². The molecule has 0 aliphatic carbocycles. The van der Waals surface area contributed by atoms with Crippen LogP contribution in [0.15, 0.2) is 23.4 Å². The molecule has 1 aliphatic rings. The number of amides is 1. The lowest BCUT2D eigenvalue weighted by Crippen LogP contribution is -2.44. The summed E-state index contributed by atoms with van der Waals surface area (Å²) >= 11 is 1.35. The topological polar surface area (TPSA) is 92.4 Å². The molecular formula is C17H23N3O4S2. The Balaban J connectivity index is 1.72. The Bertz CT molecular complexity index is 910. The summed E-state index contributed by atoms with van der Waals surface area (Å²) < 4.78 is 28.7. The van der Waals surface area contributed by atoms with Crippen LogP contribution in [-0.4, -0.2) is 65.6 Å². The smallest absolute Gasteiger partial charge is 0.236 e. The first kappa shape index (κ1) is 19.0. The van der Waals surface area contributed by atoms with Gasteiger partial charge < -0.3 is 14.6 Å². The molecule has 9 heteroatoms. The fourth-order valence-corrected chi connectivity index (χ4v) is 5.84. The Hall–Kier alpha value is -1.74. The summed E-state index contributed by atoms with van der Waals surface area (Å²) in [6, 6.07) is 5.34. The lowest BCUT2D eigenvalue weighted by molar-refractivity contribution is -0.131. The number of nitrogens with one attached hydrogen (secondary N) is 1. The van der Waals surface area contributed by atoms with Crippen LogP contribution in [-0.2, 0) is 14.6 Å². The van der Waals surface area contributed by atoms with E-state index in [0.29, 0.717) is 18.1 Å². The van der Waals surface area contributed by atoms with Crippen LogP contribution in [0.1, 0.15) is 20.3 Å². The van der Waals surface area contributed by atoms with Gasteiger partial charge in [0.2, 0.25) is 5.91 Å². The molecule has 3 rings (SSSR count). The number of hydrogen-bond acceptors (Lipinski definition) is 6. The fraction of sp³-hybridized carbons (Fsp3) is 0.529. The number of carbonyl (C=O) groups excluding carboxylic acids is 1. The molecule has 1 aromatic heterocycles. The highest BCUT2D eigenvalue weighted by Gasteiger charge is 2.35. The van der Waals surface area contributed by atoms with Crippen LogP contribution < -0.4 is 4.74 Å². The largest absolute Gasteiger partial charge is 0.497 e. The van der Waals surface area contributed by atoms with Crippen LogP contribution in [0.25, 0.3) is 11.0 Å². The molecule has 0 bridgehead atoms. The monoisotopic (exact) mass is 397 g/mol. The molecule has 26 heavy (non-hydrogen) atoms. The molecule has 2 atom stereocenters. The number of carbonyl (C=O) groups is 1. The average molecular weight is 398 g/mol. The van der Waals surface area contributed by atoms with Crippen molar-refractivity contribution in [3.63, 3.8) is 0 Å². The molecule has 142 valence electrons. The molecule has 0 saturated carbocycles. The number of thioether (sulfide) groups is 1. The number of benzene rings is 1. The molecule has 1 aromatic carbocycles. The summed E-state index contributed by atoms with van der Waals surface area (Å²) in [4.78, 5) is 22.2. The number of aromatic nitrogens is 2. The number of rotatable bonds is 6. The van der Waals surface area contributed by atoms with E-state index in [1.54, 1.807) is 12.0 Å². The predicted molar refractivity (Wildman–Crippen MR) is 102 cm³/mol. The SMILES string of the molecule is CCN(C(=O)[C@@H](C)Sc1nc2ccc(OC)cc2[nH]1)[C@@H]1CCS(=O)(=O)C1. The van der Waals surface area contributed by atoms with E-state index in [2.05, 4.69) is 9.97 Å². The number of aromatic amines is 1. The maximum atomic E-state index is 12.8. The molecule has 1 N–H and O–H groups in total. The summed E-state index contributed by atoms with van der Waals surface area (Å²) in [5, 5.41) is 0.296. The Morgan fingerprint density at radius 1 is 1.50 bits per heavy atom. The van der Waals surface area contributed by atoms with Gasteiger partial charge in [-0.05, 0) is 32.4 Å². The third-order valence-electron chi connectivity index (χ3n) is 4.58. The van der Waals surface area contributed by atoms with Crippen molar-refractivity contribution in [3.05, 3.63) is 18.2 Å². The number of nitrogens with zero attached hydrogens (tertiary/aromatic N) is 2. The second kappa shape index (κ2) is 7.48. The van der Waals surface area contributed by atoms with Crippen molar-refractivity contribution >= 4 is 38.5 Å². The maximum Gasteiger partial charge on any atom is 0.236 e. The number of sulfone groups is 1. The van der Waals surface area contributed by atoms with Gasteiger partial charge >= 0.3 is 0 Å². The van der Waals surface area contributed by atoms with Crippen molar-refractivity contribution < 1.29 is 17.9 Å². The Kier molecular flexibility index (Phi) is 5.47. The summed E-state index contributed by atoms with van der Waals surface area (Å²) in [7, 11) is -1.42. The van der Waals surface area contributed by atoms with Crippen LogP contribution in [0.3, 0.4) is 0 Å². The van der Waals surface area contributed by atoms with E-state index in [9.17, 15) is 13.2 Å². The first-order valence-corrected chi connectivity index (χ1v) is 11.2. The molecule has 1 aliphatic heterocycles. The van der Waals surface area contributed by atoms with Crippen LogP contribution in [0.2, 0.25) is 0 Å². The van der Waals surface area contributed by atoms with Crippen molar-refractivity contribution in [2.45, 2.75) is 36.7 Å². The maximum absolute atomic E-state index is 12.8. The molecule has 1 saturated heterocycles. The van der Waals surface area contributed by atoms with Crippen LogP contribution in [0.4, 0.5) is 0 Å². The molecule has 1 fully saturated rings. The van der Waals surface area contributed by atoms with Gasteiger partial charge in [-0.25, -0.2) is 13.4 Å². The first-order chi connectivity index (χ1) is 12.3. The second-order valence-electron chi connectivity index (χ2n) is 6.37. The van der Waals surface area contributed by atoms with Gasteiger partial charge in [0.25, 0.3) is 0 Å². The molecule has 2 aromatic rings. The molecule has 2 heterocycles. The van der Waals surface area contributed by atoms with Gasteiger partial charge in [-0.3, -0.25) is 4.79 Å². The lowest BCUT2D eigenvalue weighted by Gasteiger charge is -2.29. The highest BCUT2D eigenvalue weighted by atomic mass is 32.2. The number of imidazole rings is 1. The van der Waals surface area contributed by atoms with Crippen LogP contribution >= 0.6 is 11.8 Å². The molecular weight excluding hydrogens is 374 g/mol. The third-order valence-corrected chi connectivity index (χ3v) is 7.30. The molecule has 7 nitrogen and oxygen atoms in total. The molecule has 0 radical (unpaired) electrons. The number of H-pyrrole nitrogens is 1. The summed E-state index contributed by atoms with van der Waals surface area (Å²) in [6.07, 6.45) is 0.518. The lowest BCUT2D eigenvalue weighted by atomic mass is 10.2. The van der Waals surface area contributed by atoms with Gasteiger partial charge in [-0.1, -0.05) is 11.8 Å².